The molecule has 0 unspecified atom stereocenters. The quantitative estimate of drug-likeness (QED) is 0.586. The number of hydrogen-bond acceptors (Lipinski definition) is 6. The second-order valence-electron chi connectivity index (χ2n) is 4.85. The number of anilines is 1. The van der Waals surface area contributed by atoms with Gasteiger partial charge in [-0.2, -0.15) is 5.01 Å². The van der Waals surface area contributed by atoms with Gasteiger partial charge in [-0.05, 0) is 38.1 Å². The Morgan fingerprint density at radius 1 is 1.12 bits per heavy atom. The first-order valence-corrected chi connectivity index (χ1v) is 8.44. The average Bonchev–Trinajstić information content (AvgIpc) is 2.88. The van der Waals surface area contributed by atoms with Crippen molar-refractivity contribution in [2.45, 2.75) is 13.8 Å². The third-order valence-electron chi connectivity index (χ3n) is 3.16. The Hall–Kier alpha value is -2.88. The zero-order valence-electron chi connectivity index (χ0n) is 14.0. The fourth-order valence-electron chi connectivity index (χ4n) is 2.10. The highest BCUT2D eigenvalue weighted by atomic mass is 79.9. The van der Waals surface area contributed by atoms with E-state index in [1.165, 1.54) is 0 Å². The number of halogens is 1. The van der Waals surface area contributed by atoms with Crippen LogP contribution in [0.1, 0.15) is 13.8 Å². The van der Waals surface area contributed by atoms with Gasteiger partial charge in [-0.15, -0.1) is 0 Å². The number of carbonyl (C=O) groups is 4. The number of ether oxygens (including phenoxy) is 2. The fraction of sp³-hybridized carbons (Fsp3) is 0.250. The van der Waals surface area contributed by atoms with E-state index < -0.39 is 24.0 Å². The van der Waals surface area contributed by atoms with E-state index in [2.05, 4.69) is 21.4 Å². The van der Waals surface area contributed by atoms with Crippen LogP contribution in [0.3, 0.4) is 0 Å². The highest BCUT2D eigenvalue weighted by molar-refractivity contribution is 9.10. The summed E-state index contributed by atoms with van der Waals surface area (Å²) in [5.41, 5.74) is 2.06. The predicted octanol–water partition coefficient (Wildman–Crippen LogP) is 2.33. The number of hydrogen-bond donors (Lipinski definition) is 1. The van der Waals surface area contributed by atoms with Crippen LogP contribution in [0.5, 0.6) is 0 Å². The largest absolute Gasteiger partial charge is 0.449 e. The van der Waals surface area contributed by atoms with Crippen LogP contribution >= 0.6 is 15.9 Å². The molecule has 0 fully saturated rings. The maximum absolute atomic E-state index is 12.7. The van der Waals surface area contributed by atoms with Crippen molar-refractivity contribution in [3.63, 3.8) is 0 Å². The molecule has 0 spiro atoms. The zero-order valence-corrected chi connectivity index (χ0v) is 15.6. The van der Waals surface area contributed by atoms with E-state index in [1.807, 2.05) is 0 Å². The SMILES string of the molecule is CCOC(=O)NN(C(=O)OCC)C1=CC(=O)N(c2ccc(Br)cc2)C1=O. The standard InChI is InChI=1S/C16H16BrN3O6/c1-3-25-15(23)18-20(16(24)26-4-2)12-9-13(21)19(14(12)22)11-7-5-10(17)6-8-11/h5-9H,3-4H2,1-2H3,(H,18,23). The molecule has 0 atom stereocenters. The minimum atomic E-state index is -1.02. The van der Waals surface area contributed by atoms with E-state index in [-0.39, 0.29) is 18.9 Å². The summed E-state index contributed by atoms with van der Waals surface area (Å²) in [5.74, 6) is -1.45. The number of benzene rings is 1. The van der Waals surface area contributed by atoms with Gasteiger partial charge in [-0.25, -0.2) is 19.9 Å². The van der Waals surface area contributed by atoms with E-state index in [0.29, 0.717) is 10.7 Å². The van der Waals surface area contributed by atoms with Crippen molar-refractivity contribution in [3.8, 4) is 0 Å². The molecule has 1 N–H and O–H groups in total. The summed E-state index contributed by atoms with van der Waals surface area (Å²) in [5, 5.41) is 0.556. The minimum Gasteiger partial charge on any atom is -0.449 e. The lowest BCUT2D eigenvalue weighted by Crippen LogP contribution is -2.48. The van der Waals surface area contributed by atoms with E-state index in [9.17, 15) is 19.2 Å². The number of nitrogens with one attached hydrogen (secondary N) is 1. The highest BCUT2D eigenvalue weighted by Crippen LogP contribution is 2.25. The van der Waals surface area contributed by atoms with E-state index >= 15 is 0 Å². The van der Waals surface area contributed by atoms with Crippen molar-refractivity contribution < 1.29 is 28.7 Å². The summed E-state index contributed by atoms with van der Waals surface area (Å²) in [7, 11) is 0. The maximum Gasteiger partial charge on any atom is 0.433 e. The molecule has 1 aromatic rings. The first-order valence-electron chi connectivity index (χ1n) is 7.65. The molecule has 26 heavy (non-hydrogen) atoms. The molecule has 1 aliphatic heterocycles. The van der Waals surface area contributed by atoms with Gasteiger partial charge in [-0.3, -0.25) is 9.59 Å². The molecule has 0 radical (unpaired) electrons. The number of hydrazine groups is 1. The van der Waals surface area contributed by atoms with Crippen LogP contribution in [-0.4, -0.2) is 42.2 Å². The van der Waals surface area contributed by atoms with Gasteiger partial charge in [0.15, 0.2) is 0 Å². The summed E-state index contributed by atoms with van der Waals surface area (Å²) >= 11 is 3.27. The molecule has 0 aliphatic carbocycles. The molecular formula is C16H16BrN3O6. The Kier molecular flexibility index (Phi) is 6.34. The Morgan fingerprint density at radius 2 is 1.73 bits per heavy atom. The third kappa shape index (κ3) is 4.20. The molecule has 10 heteroatoms. The Balaban J connectivity index is 2.30. The summed E-state index contributed by atoms with van der Waals surface area (Å²) in [6.07, 6.45) is -1.05. The highest BCUT2D eigenvalue weighted by Gasteiger charge is 2.39. The number of carbonyl (C=O) groups excluding carboxylic acids is 4. The molecule has 1 heterocycles. The van der Waals surface area contributed by atoms with Crippen molar-refractivity contribution in [2.75, 3.05) is 18.1 Å². The summed E-state index contributed by atoms with van der Waals surface area (Å²) in [4.78, 5) is 49.6. The van der Waals surface area contributed by atoms with Gasteiger partial charge >= 0.3 is 12.2 Å². The maximum atomic E-state index is 12.7. The average molecular weight is 426 g/mol. The normalized spacial score (nSPS) is 13.3. The lowest BCUT2D eigenvalue weighted by atomic mass is 10.3. The number of rotatable bonds is 4. The van der Waals surface area contributed by atoms with Crippen molar-refractivity contribution in [2.24, 2.45) is 0 Å². The molecule has 0 aromatic heterocycles. The second kappa shape index (κ2) is 8.48. The summed E-state index contributed by atoms with van der Waals surface area (Å²) in [6.45, 7) is 3.20. The predicted molar refractivity (Wildman–Crippen MR) is 93.7 cm³/mol. The van der Waals surface area contributed by atoms with Crippen LogP contribution in [0.25, 0.3) is 0 Å². The minimum absolute atomic E-state index is 0.00564. The van der Waals surface area contributed by atoms with Gasteiger partial charge in [-0.1, -0.05) is 15.9 Å². The lowest BCUT2D eigenvalue weighted by molar-refractivity contribution is -0.121. The first kappa shape index (κ1) is 19.4. The Bertz CT molecular complexity index is 762. The molecule has 138 valence electrons. The van der Waals surface area contributed by atoms with E-state index in [0.717, 1.165) is 15.4 Å². The first-order chi connectivity index (χ1) is 12.4. The number of amides is 4. The van der Waals surface area contributed by atoms with Gasteiger partial charge in [0.25, 0.3) is 11.8 Å². The van der Waals surface area contributed by atoms with Crippen LogP contribution < -0.4 is 10.3 Å². The molecule has 0 bridgehead atoms. The molecular weight excluding hydrogens is 410 g/mol. The third-order valence-corrected chi connectivity index (χ3v) is 3.69. The van der Waals surface area contributed by atoms with Crippen LogP contribution in [0, 0.1) is 0 Å². The molecule has 0 saturated heterocycles. The Morgan fingerprint density at radius 3 is 2.31 bits per heavy atom. The van der Waals surface area contributed by atoms with Gasteiger partial charge in [0.05, 0.1) is 18.9 Å². The molecule has 1 aromatic carbocycles. The Labute approximate surface area is 157 Å². The van der Waals surface area contributed by atoms with E-state index in [1.54, 1.807) is 38.1 Å². The fourth-order valence-corrected chi connectivity index (χ4v) is 2.36. The molecule has 4 amide bonds. The zero-order chi connectivity index (χ0) is 19.3. The van der Waals surface area contributed by atoms with Gasteiger partial charge in [0.2, 0.25) is 0 Å². The molecule has 9 nitrogen and oxygen atoms in total. The van der Waals surface area contributed by atoms with Crippen LogP contribution in [0.2, 0.25) is 0 Å². The van der Waals surface area contributed by atoms with Gasteiger partial charge in [0, 0.05) is 10.5 Å². The molecule has 2 rings (SSSR count). The second-order valence-corrected chi connectivity index (χ2v) is 5.77. The molecule has 1 aliphatic rings. The monoisotopic (exact) mass is 425 g/mol. The van der Waals surface area contributed by atoms with Crippen molar-refractivity contribution in [1.29, 1.82) is 0 Å². The van der Waals surface area contributed by atoms with E-state index in [4.69, 9.17) is 9.47 Å². The van der Waals surface area contributed by atoms with Crippen LogP contribution in [-0.2, 0) is 19.1 Å². The summed E-state index contributed by atoms with van der Waals surface area (Å²) in [6, 6.07) is 6.44. The van der Waals surface area contributed by atoms with Crippen LogP contribution in [0.4, 0.5) is 15.3 Å². The lowest BCUT2D eigenvalue weighted by Gasteiger charge is -2.23. The molecule has 0 saturated carbocycles. The number of imide groups is 1. The van der Waals surface area contributed by atoms with Crippen molar-refractivity contribution in [1.82, 2.24) is 10.4 Å². The topological polar surface area (TPSA) is 105 Å². The van der Waals surface area contributed by atoms with Crippen molar-refractivity contribution >= 4 is 45.6 Å². The van der Waals surface area contributed by atoms with Crippen molar-refractivity contribution in [3.05, 3.63) is 40.5 Å². The van der Waals surface area contributed by atoms with Gasteiger partial charge < -0.3 is 9.47 Å². The summed E-state index contributed by atoms with van der Waals surface area (Å²) < 4.78 is 10.3. The van der Waals surface area contributed by atoms with Crippen LogP contribution in [0.15, 0.2) is 40.5 Å². The number of nitrogens with zero attached hydrogens (tertiary/aromatic N) is 2. The smallest absolute Gasteiger partial charge is 0.433 e. The van der Waals surface area contributed by atoms with Gasteiger partial charge in [0.1, 0.15) is 5.70 Å².